The standard InChI is InChI=1S/C33H37N5O4S.C4H7NO/c1-21-14-15-22(2)26(18-21)37-31-38-28(29(43-31)30(40)35-20-23-10-7-6-8-11-23)24-12-9-13-25(19-24)36-27(39)16-17-34-32(41)42-33(3,4)5;6-3-5-4-1-2-4/h6-15,18-19H,16-17,20H2,1-5H3,(H,34,41)(H,35,40)(H,36,39)(H,37,38);3-4H,1-2H2,(H,5,6). The Labute approximate surface area is 291 Å². The molecule has 5 N–H and O–H groups in total. The normalized spacial score (nSPS) is 12.1. The molecule has 0 bridgehead atoms. The predicted molar refractivity (Wildman–Crippen MR) is 194 cm³/mol. The van der Waals surface area contributed by atoms with Crippen LogP contribution >= 0.6 is 11.3 Å². The van der Waals surface area contributed by atoms with Gasteiger partial charge in [-0.25, -0.2) is 9.78 Å². The fourth-order valence-corrected chi connectivity index (χ4v) is 5.39. The van der Waals surface area contributed by atoms with E-state index in [-0.39, 0.29) is 24.8 Å². The summed E-state index contributed by atoms with van der Waals surface area (Å²) in [7, 11) is 0. The van der Waals surface area contributed by atoms with Crippen molar-refractivity contribution in [1.82, 2.24) is 20.9 Å². The molecule has 0 aliphatic heterocycles. The maximum atomic E-state index is 13.4. The van der Waals surface area contributed by atoms with Crippen molar-refractivity contribution < 1.29 is 23.9 Å². The third-order valence-corrected chi connectivity index (χ3v) is 8.05. The van der Waals surface area contributed by atoms with Crippen LogP contribution in [0.3, 0.4) is 0 Å². The number of rotatable bonds is 12. The Hall–Kier alpha value is -5.23. The Morgan fingerprint density at radius 1 is 0.959 bits per heavy atom. The number of aromatic nitrogens is 1. The minimum absolute atomic E-state index is 0.0667. The Morgan fingerprint density at radius 2 is 1.71 bits per heavy atom. The third kappa shape index (κ3) is 12.4. The van der Waals surface area contributed by atoms with Gasteiger partial charge in [0.15, 0.2) is 5.13 Å². The fraction of sp³-hybridized carbons (Fsp3) is 0.324. The van der Waals surface area contributed by atoms with Gasteiger partial charge >= 0.3 is 6.09 Å². The number of hydrogen-bond acceptors (Lipinski definition) is 8. The second-order valence-corrected chi connectivity index (χ2v) is 13.7. The van der Waals surface area contributed by atoms with Crippen molar-refractivity contribution in [2.75, 3.05) is 17.2 Å². The maximum Gasteiger partial charge on any atom is 0.407 e. The third-order valence-electron chi connectivity index (χ3n) is 7.09. The number of carbonyl (C=O) groups excluding carboxylic acids is 4. The van der Waals surface area contributed by atoms with Gasteiger partial charge in [-0.05, 0) is 82.3 Å². The lowest BCUT2D eigenvalue weighted by atomic mass is 10.1. The van der Waals surface area contributed by atoms with Crippen LogP contribution in [0.4, 0.5) is 21.3 Å². The van der Waals surface area contributed by atoms with E-state index >= 15 is 0 Å². The maximum absolute atomic E-state index is 13.4. The van der Waals surface area contributed by atoms with Gasteiger partial charge in [-0.2, -0.15) is 0 Å². The van der Waals surface area contributed by atoms with E-state index in [0.717, 1.165) is 28.8 Å². The zero-order chi connectivity index (χ0) is 35.4. The number of thiazole rings is 1. The van der Waals surface area contributed by atoms with Crippen molar-refractivity contribution >= 4 is 52.2 Å². The molecule has 4 amide bonds. The highest BCUT2D eigenvalue weighted by Gasteiger charge is 2.21. The average Bonchev–Trinajstić information content (AvgIpc) is 3.77. The summed E-state index contributed by atoms with van der Waals surface area (Å²) in [6, 6.07) is 23.5. The topological polar surface area (TPSA) is 151 Å². The molecule has 3 aromatic carbocycles. The SMILES string of the molecule is Cc1ccc(C)c(Nc2nc(-c3cccc(NC(=O)CCNC(=O)OC(C)(C)C)c3)c(C(=O)NCc3ccccc3)s2)c1.O=CNC1CC1. The lowest BCUT2D eigenvalue weighted by molar-refractivity contribution is -0.116. The van der Waals surface area contributed by atoms with Gasteiger partial charge in [0.2, 0.25) is 12.3 Å². The average molecular weight is 685 g/mol. The molecular formula is C37H44N6O5S. The van der Waals surface area contributed by atoms with Gasteiger partial charge in [0.05, 0.1) is 5.69 Å². The van der Waals surface area contributed by atoms with Crippen LogP contribution in [-0.4, -0.2) is 47.5 Å². The first-order valence-corrected chi connectivity index (χ1v) is 17.0. The van der Waals surface area contributed by atoms with E-state index < -0.39 is 11.7 Å². The molecule has 0 spiro atoms. The van der Waals surface area contributed by atoms with Crippen molar-refractivity contribution in [3.8, 4) is 11.3 Å². The van der Waals surface area contributed by atoms with E-state index in [0.29, 0.717) is 39.5 Å². The highest BCUT2D eigenvalue weighted by atomic mass is 32.1. The molecule has 258 valence electrons. The number of ether oxygens (including phenoxy) is 1. The summed E-state index contributed by atoms with van der Waals surface area (Å²) in [5.41, 5.74) is 5.18. The van der Waals surface area contributed by atoms with Crippen LogP contribution in [0.2, 0.25) is 0 Å². The molecule has 0 unspecified atom stereocenters. The van der Waals surface area contributed by atoms with E-state index in [4.69, 9.17) is 9.72 Å². The lowest BCUT2D eigenvalue weighted by Crippen LogP contribution is -2.34. The largest absolute Gasteiger partial charge is 0.444 e. The highest BCUT2D eigenvalue weighted by Crippen LogP contribution is 2.34. The van der Waals surface area contributed by atoms with Crippen molar-refractivity contribution in [2.24, 2.45) is 0 Å². The Kier molecular flexibility index (Phi) is 12.9. The molecule has 12 heteroatoms. The van der Waals surface area contributed by atoms with Crippen LogP contribution in [0, 0.1) is 13.8 Å². The summed E-state index contributed by atoms with van der Waals surface area (Å²) in [6.45, 7) is 9.86. The summed E-state index contributed by atoms with van der Waals surface area (Å²) >= 11 is 1.27. The number of hydrogen-bond donors (Lipinski definition) is 5. The van der Waals surface area contributed by atoms with Crippen LogP contribution in [0.1, 0.15) is 66.4 Å². The minimum Gasteiger partial charge on any atom is -0.444 e. The van der Waals surface area contributed by atoms with Gasteiger partial charge in [-0.15, -0.1) is 0 Å². The van der Waals surface area contributed by atoms with Gasteiger partial charge in [0.1, 0.15) is 10.5 Å². The Balaban J connectivity index is 0.000000812. The van der Waals surface area contributed by atoms with Crippen molar-refractivity contribution in [3.63, 3.8) is 0 Å². The molecule has 0 saturated heterocycles. The van der Waals surface area contributed by atoms with Gasteiger partial charge in [0, 0.05) is 42.5 Å². The fourth-order valence-electron chi connectivity index (χ4n) is 4.47. The van der Waals surface area contributed by atoms with E-state index in [1.807, 2.05) is 68.4 Å². The van der Waals surface area contributed by atoms with Gasteiger partial charge in [0.25, 0.3) is 5.91 Å². The van der Waals surface area contributed by atoms with Gasteiger partial charge < -0.3 is 31.3 Å². The van der Waals surface area contributed by atoms with Crippen LogP contribution in [0.5, 0.6) is 0 Å². The second-order valence-electron chi connectivity index (χ2n) is 12.7. The number of carbonyl (C=O) groups is 4. The smallest absolute Gasteiger partial charge is 0.407 e. The van der Waals surface area contributed by atoms with Crippen LogP contribution in [0.25, 0.3) is 11.3 Å². The number of nitrogens with one attached hydrogen (secondary N) is 5. The quantitative estimate of drug-likeness (QED) is 0.102. The summed E-state index contributed by atoms with van der Waals surface area (Å²) < 4.78 is 5.20. The number of anilines is 3. The molecule has 49 heavy (non-hydrogen) atoms. The molecule has 5 rings (SSSR count). The lowest BCUT2D eigenvalue weighted by Gasteiger charge is -2.19. The first kappa shape index (κ1) is 36.6. The molecule has 11 nitrogen and oxygen atoms in total. The molecule has 0 radical (unpaired) electrons. The van der Waals surface area contributed by atoms with Crippen molar-refractivity contribution in [2.45, 2.75) is 72.1 Å². The van der Waals surface area contributed by atoms with Crippen molar-refractivity contribution in [1.29, 1.82) is 0 Å². The molecule has 1 heterocycles. The number of nitrogens with zero attached hydrogens (tertiary/aromatic N) is 1. The summed E-state index contributed by atoms with van der Waals surface area (Å²) in [6.07, 6.45) is 2.61. The zero-order valence-electron chi connectivity index (χ0n) is 28.5. The molecule has 0 atom stereocenters. The molecule has 1 aliphatic rings. The molecule has 1 fully saturated rings. The van der Waals surface area contributed by atoms with Gasteiger partial charge in [-0.3, -0.25) is 14.4 Å². The van der Waals surface area contributed by atoms with E-state index in [1.54, 1.807) is 39.0 Å². The molecule has 1 aromatic heterocycles. The monoisotopic (exact) mass is 684 g/mol. The van der Waals surface area contributed by atoms with Crippen LogP contribution in [-0.2, 0) is 20.9 Å². The molecule has 1 aliphatic carbocycles. The second kappa shape index (κ2) is 17.3. The number of aryl methyl sites for hydroxylation is 2. The Bertz CT molecular complexity index is 1750. The Morgan fingerprint density at radius 3 is 2.39 bits per heavy atom. The summed E-state index contributed by atoms with van der Waals surface area (Å²) in [5.74, 6) is -0.516. The number of benzene rings is 3. The number of amides is 4. The van der Waals surface area contributed by atoms with Crippen LogP contribution in [0.15, 0.2) is 72.8 Å². The highest BCUT2D eigenvalue weighted by molar-refractivity contribution is 7.18. The van der Waals surface area contributed by atoms with Crippen LogP contribution < -0.4 is 26.6 Å². The molecular weight excluding hydrogens is 641 g/mol. The van der Waals surface area contributed by atoms with E-state index in [9.17, 15) is 19.2 Å². The first-order valence-electron chi connectivity index (χ1n) is 16.1. The predicted octanol–water partition coefficient (Wildman–Crippen LogP) is 6.85. The zero-order valence-corrected chi connectivity index (χ0v) is 29.3. The van der Waals surface area contributed by atoms with Crippen molar-refractivity contribution in [3.05, 3.63) is 94.4 Å². The summed E-state index contributed by atoms with van der Waals surface area (Å²) in [4.78, 5) is 52.7. The minimum atomic E-state index is -0.617. The molecule has 1 saturated carbocycles. The van der Waals surface area contributed by atoms with Gasteiger partial charge in [-0.1, -0.05) is 65.9 Å². The van der Waals surface area contributed by atoms with E-state index in [2.05, 4.69) is 26.6 Å². The molecule has 4 aromatic rings. The van der Waals surface area contributed by atoms with E-state index in [1.165, 1.54) is 24.2 Å². The first-order chi connectivity index (χ1) is 23.4. The number of alkyl carbamates (subject to hydrolysis) is 1. The summed E-state index contributed by atoms with van der Waals surface area (Å²) in [5, 5.41) is 15.0.